The third-order valence-electron chi connectivity index (χ3n) is 1.78. The van der Waals surface area contributed by atoms with Crippen LogP contribution in [-0.4, -0.2) is 17.4 Å². The normalized spacial score (nSPS) is 19.3. The van der Waals surface area contributed by atoms with Crippen LogP contribution in [0.2, 0.25) is 0 Å². The maximum Gasteiger partial charge on any atom is 0.0753 e. The van der Waals surface area contributed by atoms with E-state index < -0.39 is 0 Å². The molecule has 1 aliphatic heterocycles. The van der Waals surface area contributed by atoms with Gasteiger partial charge in [-0.15, -0.1) is 11.3 Å². The molecule has 3 heteroatoms. The van der Waals surface area contributed by atoms with Crippen LogP contribution in [0.1, 0.15) is 12.8 Å². The second kappa shape index (κ2) is 3.61. The molecule has 0 saturated carbocycles. The van der Waals surface area contributed by atoms with Gasteiger partial charge in [0.15, 0.2) is 0 Å². The van der Waals surface area contributed by atoms with Crippen LogP contribution in [0.5, 0.6) is 0 Å². The molecule has 1 aromatic rings. The van der Waals surface area contributed by atoms with Crippen LogP contribution in [0.4, 0.5) is 0 Å². The van der Waals surface area contributed by atoms with E-state index in [1.54, 1.807) is 0 Å². The molecule has 0 bridgehead atoms. The van der Waals surface area contributed by atoms with Gasteiger partial charge in [-0.2, -0.15) is 0 Å². The molecule has 1 fully saturated rings. The Morgan fingerprint density at radius 2 is 2.18 bits per heavy atom. The van der Waals surface area contributed by atoms with Crippen molar-refractivity contribution >= 4 is 23.3 Å². The molecule has 2 heterocycles. The summed E-state index contributed by atoms with van der Waals surface area (Å²) in [4.78, 5) is 0. The van der Waals surface area contributed by atoms with Crippen LogP contribution in [0.25, 0.3) is 0 Å². The smallest absolute Gasteiger partial charge is 0.0753 e. The fraction of sp³-hybridized carbons (Fsp3) is 0.500. The van der Waals surface area contributed by atoms with Crippen molar-refractivity contribution in [3.05, 3.63) is 17.5 Å². The van der Waals surface area contributed by atoms with Gasteiger partial charge in [-0.3, -0.25) is 0 Å². The predicted molar refractivity (Wildman–Crippen MR) is 51.0 cm³/mol. The van der Waals surface area contributed by atoms with Crippen molar-refractivity contribution in [3.63, 3.8) is 0 Å². The third-order valence-corrected chi connectivity index (χ3v) is 3.89. The summed E-state index contributed by atoms with van der Waals surface area (Å²) in [5.41, 5.74) is 0. The Labute approximate surface area is 75.5 Å². The van der Waals surface area contributed by atoms with Crippen LogP contribution in [0.3, 0.4) is 0 Å². The van der Waals surface area contributed by atoms with E-state index in [0.717, 1.165) is 0 Å². The molecule has 0 aromatic carbocycles. The summed E-state index contributed by atoms with van der Waals surface area (Å²) in [5.74, 6) is 0. The molecule has 1 aromatic heterocycles. The van der Waals surface area contributed by atoms with Gasteiger partial charge in [-0.05, 0) is 36.2 Å². The quantitative estimate of drug-likeness (QED) is 0.652. The Balaban J connectivity index is 1.90. The first-order valence-corrected chi connectivity index (χ1v) is 5.57. The number of rotatable bonds is 2. The summed E-state index contributed by atoms with van der Waals surface area (Å²) in [6, 6.07) is 4.30. The molecular formula is C8H11NS2. The zero-order valence-corrected chi connectivity index (χ0v) is 7.96. The molecule has 2 rings (SSSR count). The topological polar surface area (TPSA) is 3.24 Å². The Kier molecular flexibility index (Phi) is 2.51. The maximum atomic E-state index is 2.45. The summed E-state index contributed by atoms with van der Waals surface area (Å²) in [6.45, 7) is 2.53. The van der Waals surface area contributed by atoms with Gasteiger partial charge in [0.1, 0.15) is 0 Å². The minimum atomic E-state index is 1.27. The highest BCUT2D eigenvalue weighted by Gasteiger charge is 2.12. The van der Waals surface area contributed by atoms with Crippen molar-refractivity contribution in [1.82, 2.24) is 4.31 Å². The Bertz CT molecular complexity index is 202. The maximum absolute atomic E-state index is 2.45. The fourth-order valence-corrected chi connectivity index (χ4v) is 3.16. The summed E-state index contributed by atoms with van der Waals surface area (Å²) < 4.78 is 3.87. The van der Waals surface area contributed by atoms with Crippen molar-refractivity contribution < 1.29 is 0 Å². The van der Waals surface area contributed by atoms with E-state index in [2.05, 4.69) is 21.8 Å². The number of hydrogen-bond donors (Lipinski definition) is 0. The van der Waals surface area contributed by atoms with Crippen molar-refractivity contribution in [2.75, 3.05) is 13.1 Å². The summed E-state index contributed by atoms with van der Waals surface area (Å²) >= 11 is 3.74. The average molecular weight is 185 g/mol. The molecule has 11 heavy (non-hydrogen) atoms. The third kappa shape index (κ3) is 1.98. The van der Waals surface area contributed by atoms with Gasteiger partial charge in [0.25, 0.3) is 0 Å². The number of thiophene rings is 1. The van der Waals surface area contributed by atoms with E-state index in [9.17, 15) is 0 Å². The van der Waals surface area contributed by atoms with E-state index in [-0.39, 0.29) is 0 Å². The van der Waals surface area contributed by atoms with Gasteiger partial charge in [0, 0.05) is 13.1 Å². The highest BCUT2D eigenvalue weighted by Crippen LogP contribution is 2.29. The minimum absolute atomic E-state index is 1.27. The Hall–Kier alpha value is 0.01000. The fourth-order valence-electron chi connectivity index (χ4n) is 1.22. The molecule has 0 aliphatic carbocycles. The molecular weight excluding hydrogens is 174 g/mol. The van der Waals surface area contributed by atoms with Gasteiger partial charge in [0.05, 0.1) is 4.21 Å². The van der Waals surface area contributed by atoms with E-state index in [0.29, 0.717) is 0 Å². The number of hydrogen-bond acceptors (Lipinski definition) is 3. The highest BCUT2D eigenvalue weighted by molar-refractivity contribution is 7.98. The average Bonchev–Trinajstić information content (AvgIpc) is 2.60. The molecule has 0 radical (unpaired) electrons. The second-order valence-electron chi connectivity index (χ2n) is 2.66. The van der Waals surface area contributed by atoms with Gasteiger partial charge in [-0.1, -0.05) is 6.07 Å². The zero-order valence-electron chi connectivity index (χ0n) is 6.32. The SMILES string of the molecule is c1csc(SN2CCCC2)c1. The van der Waals surface area contributed by atoms with E-state index in [1.807, 2.05) is 23.3 Å². The molecule has 0 amide bonds. The Morgan fingerprint density at radius 3 is 2.82 bits per heavy atom. The minimum Gasteiger partial charge on any atom is -0.246 e. The lowest BCUT2D eigenvalue weighted by molar-refractivity contribution is 0.587. The monoisotopic (exact) mass is 185 g/mol. The first kappa shape index (κ1) is 7.65. The van der Waals surface area contributed by atoms with Crippen molar-refractivity contribution in [2.24, 2.45) is 0 Å². The van der Waals surface area contributed by atoms with Gasteiger partial charge in [-0.25, -0.2) is 4.31 Å². The molecule has 0 N–H and O–H groups in total. The predicted octanol–water partition coefficient (Wildman–Crippen LogP) is 2.85. The first-order chi connectivity index (χ1) is 5.45. The summed E-state index contributed by atoms with van der Waals surface area (Å²) in [7, 11) is 0. The first-order valence-electron chi connectivity index (χ1n) is 3.91. The van der Waals surface area contributed by atoms with Crippen LogP contribution in [0.15, 0.2) is 21.7 Å². The molecule has 1 aliphatic rings. The molecule has 0 spiro atoms. The standard InChI is InChI=1S/C8H11NS2/c1-2-6-9(5-1)11-8-4-3-7-10-8/h3-4,7H,1-2,5-6H2. The second-order valence-corrected chi connectivity index (χ2v) is 5.00. The number of nitrogens with zero attached hydrogens (tertiary/aromatic N) is 1. The summed E-state index contributed by atoms with van der Waals surface area (Å²) in [6.07, 6.45) is 2.75. The van der Waals surface area contributed by atoms with Crippen molar-refractivity contribution in [2.45, 2.75) is 17.1 Å². The van der Waals surface area contributed by atoms with Gasteiger partial charge in [0.2, 0.25) is 0 Å². The molecule has 1 nitrogen and oxygen atoms in total. The molecule has 0 atom stereocenters. The van der Waals surface area contributed by atoms with Crippen LogP contribution >= 0.6 is 23.3 Å². The Morgan fingerprint density at radius 1 is 1.36 bits per heavy atom. The lowest BCUT2D eigenvalue weighted by Crippen LogP contribution is -2.07. The summed E-state index contributed by atoms with van der Waals surface area (Å²) in [5, 5.41) is 2.14. The van der Waals surface area contributed by atoms with E-state index in [1.165, 1.54) is 30.1 Å². The van der Waals surface area contributed by atoms with Crippen molar-refractivity contribution in [1.29, 1.82) is 0 Å². The van der Waals surface area contributed by atoms with Crippen LogP contribution in [0, 0.1) is 0 Å². The van der Waals surface area contributed by atoms with Crippen LogP contribution < -0.4 is 0 Å². The molecule has 1 saturated heterocycles. The van der Waals surface area contributed by atoms with Gasteiger partial charge < -0.3 is 0 Å². The zero-order chi connectivity index (χ0) is 7.52. The highest BCUT2D eigenvalue weighted by atomic mass is 32.2. The van der Waals surface area contributed by atoms with Crippen molar-refractivity contribution in [3.8, 4) is 0 Å². The molecule has 0 unspecified atom stereocenters. The van der Waals surface area contributed by atoms with Crippen LogP contribution in [-0.2, 0) is 0 Å². The van der Waals surface area contributed by atoms with E-state index in [4.69, 9.17) is 0 Å². The molecule has 60 valence electrons. The lowest BCUT2D eigenvalue weighted by atomic mass is 10.4. The van der Waals surface area contributed by atoms with Gasteiger partial charge >= 0.3 is 0 Å². The lowest BCUT2D eigenvalue weighted by Gasteiger charge is -2.10. The van der Waals surface area contributed by atoms with E-state index >= 15 is 0 Å². The largest absolute Gasteiger partial charge is 0.246 e.